The van der Waals surface area contributed by atoms with Crippen molar-refractivity contribution in [1.82, 2.24) is 0 Å². The minimum Gasteiger partial charge on any atom is -0.489 e. The number of carbonyl (C=O) groups excluding carboxylic acids is 1. The van der Waals surface area contributed by atoms with Crippen molar-refractivity contribution >= 4 is 33.9 Å². The number of cyclic esters (lactones) is 1. The molecular weight excluding hydrogens is 437 g/mol. The van der Waals surface area contributed by atoms with E-state index in [4.69, 9.17) is 9.47 Å². The number of rotatable bonds is 5. The molecule has 3 aromatic rings. The summed E-state index contributed by atoms with van der Waals surface area (Å²) in [5.74, 6) is -0.0213. The average Bonchev–Trinajstić information content (AvgIpc) is 3.09. The van der Waals surface area contributed by atoms with Crippen LogP contribution in [0, 0.1) is 5.82 Å². The van der Waals surface area contributed by atoms with Crippen LogP contribution in [0.5, 0.6) is 5.75 Å². The van der Waals surface area contributed by atoms with Crippen molar-refractivity contribution in [2.24, 2.45) is 4.99 Å². The van der Waals surface area contributed by atoms with E-state index in [0.29, 0.717) is 12.2 Å². The summed E-state index contributed by atoms with van der Waals surface area (Å²) in [5, 5.41) is 0. The zero-order valence-electron chi connectivity index (χ0n) is 15.1. The summed E-state index contributed by atoms with van der Waals surface area (Å²) in [5.41, 5.74) is 2.58. The lowest BCUT2D eigenvalue weighted by Gasteiger charge is -2.06. The van der Waals surface area contributed by atoms with Crippen LogP contribution in [-0.4, -0.2) is 11.9 Å². The van der Waals surface area contributed by atoms with Gasteiger partial charge in [0.1, 0.15) is 18.2 Å². The average molecular weight is 452 g/mol. The first-order valence-electron chi connectivity index (χ1n) is 8.83. The topological polar surface area (TPSA) is 47.9 Å². The first-order valence-corrected chi connectivity index (χ1v) is 9.62. The molecule has 0 fully saturated rings. The monoisotopic (exact) mass is 451 g/mol. The van der Waals surface area contributed by atoms with E-state index in [9.17, 15) is 9.18 Å². The van der Waals surface area contributed by atoms with E-state index < -0.39 is 5.97 Å². The Morgan fingerprint density at radius 3 is 2.34 bits per heavy atom. The van der Waals surface area contributed by atoms with E-state index in [1.807, 2.05) is 48.5 Å². The zero-order chi connectivity index (χ0) is 20.2. The molecule has 1 aliphatic rings. The highest BCUT2D eigenvalue weighted by Crippen LogP contribution is 2.21. The third kappa shape index (κ3) is 4.78. The lowest BCUT2D eigenvalue weighted by molar-refractivity contribution is -0.129. The van der Waals surface area contributed by atoms with Gasteiger partial charge < -0.3 is 9.47 Å². The van der Waals surface area contributed by atoms with Gasteiger partial charge in [0, 0.05) is 10.0 Å². The van der Waals surface area contributed by atoms with Crippen LogP contribution >= 0.6 is 15.9 Å². The molecule has 0 amide bonds. The molecule has 6 heteroatoms. The highest BCUT2D eigenvalue weighted by molar-refractivity contribution is 9.10. The fraction of sp³-hybridized carbons (Fsp3) is 0.0435. The van der Waals surface area contributed by atoms with Crippen molar-refractivity contribution in [1.29, 1.82) is 0 Å². The third-order valence-corrected chi connectivity index (χ3v) is 4.74. The van der Waals surface area contributed by atoms with Crippen molar-refractivity contribution < 1.29 is 18.7 Å². The van der Waals surface area contributed by atoms with Gasteiger partial charge in [0.05, 0.1) is 0 Å². The molecule has 0 saturated carbocycles. The van der Waals surface area contributed by atoms with Gasteiger partial charge in [-0.05, 0) is 65.7 Å². The van der Waals surface area contributed by atoms with Crippen LogP contribution in [0.1, 0.15) is 16.7 Å². The van der Waals surface area contributed by atoms with Gasteiger partial charge in [0.25, 0.3) is 0 Å². The molecule has 1 aliphatic heterocycles. The van der Waals surface area contributed by atoms with E-state index >= 15 is 0 Å². The number of hydrogen-bond acceptors (Lipinski definition) is 4. The van der Waals surface area contributed by atoms with Crippen molar-refractivity contribution in [2.75, 3.05) is 0 Å². The van der Waals surface area contributed by atoms with Crippen LogP contribution in [0.4, 0.5) is 4.39 Å². The first-order chi connectivity index (χ1) is 14.1. The second kappa shape index (κ2) is 8.41. The number of esters is 1. The fourth-order valence-corrected chi connectivity index (χ4v) is 2.95. The maximum atomic E-state index is 13.0. The molecule has 29 heavy (non-hydrogen) atoms. The van der Waals surface area contributed by atoms with Crippen molar-refractivity contribution in [3.8, 4) is 5.75 Å². The Bertz CT molecular complexity index is 1090. The number of hydrogen-bond donors (Lipinski definition) is 0. The van der Waals surface area contributed by atoms with Gasteiger partial charge in [-0.3, -0.25) is 0 Å². The SMILES string of the molecule is O=C1OC(c2ccc(F)cc2)=NC1=Cc1ccc(OCc2ccc(Br)cc2)cc1. The molecule has 0 radical (unpaired) electrons. The molecule has 4 nitrogen and oxygen atoms in total. The van der Waals surface area contributed by atoms with Crippen LogP contribution in [0.3, 0.4) is 0 Å². The predicted octanol–water partition coefficient (Wildman–Crippen LogP) is 5.51. The molecule has 0 saturated heterocycles. The van der Waals surface area contributed by atoms with Gasteiger partial charge in [-0.25, -0.2) is 14.2 Å². The summed E-state index contributed by atoms with van der Waals surface area (Å²) in [6.07, 6.45) is 1.64. The van der Waals surface area contributed by atoms with Crippen LogP contribution in [0.25, 0.3) is 6.08 Å². The standard InChI is InChI=1S/C23H15BrFNO3/c24-18-7-1-16(2-8-18)14-28-20-11-3-15(4-12-20)13-21-23(27)29-22(26-21)17-5-9-19(25)10-6-17/h1-13H,14H2. The summed E-state index contributed by atoms with van der Waals surface area (Å²) in [6, 6.07) is 20.9. The Balaban J connectivity index is 1.44. The van der Waals surface area contributed by atoms with Gasteiger partial charge in [0.15, 0.2) is 5.70 Å². The first kappa shape index (κ1) is 19.1. The Hall–Kier alpha value is -3.25. The van der Waals surface area contributed by atoms with Crippen LogP contribution in [-0.2, 0) is 16.1 Å². The number of aliphatic imine (C=N–C) groups is 1. The van der Waals surface area contributed by atoms with E-state index in [2.05, 4.69) is 20.9 Å². The van der Waals surface area contributed by atoms with E-state index in [1.165, 1.54) is 24.3 Å². The number of benzene rings is 3. The molecule has 144 valence electrons. The molecule has 3 aromatic carbocycles. The smallest absolute Gasteiger partial charge is 0.363 e. The highest BCUT2D eigenvalue weighted by atomic mass is 79.9. The van der Waals surface area contributed by atoms with Gasteiger partial charge >= 0.3 is 5.97 Å². The fourth-order valence-electron chi connectivity index (χ4n) is 2.69. The molecule has 1 heterocycles. The molecule has 0 bridgehead atoms. The van der Waals surface area contributed by atoms with Crippen LogP contribution in [0.2, 0.25) is 0 Å². The summed E-state index contributed by atoms with van der Waals surface area (Å²) < 4.78 is 25.0. The van der Waals surface area contributed by atoms with E-state index in [-0.39, 0.29) is 17.4 Å². The zero-order valence-corrected chi connectivity index (χ0v) is 16.7. The molecule has 4 rings (SSSR count). The number of ether oxygens (including phenoxy) is 2. The van der Waals surface area contributed by atoms with Gasteiger partial charge in [-0.1, -0.05) is 40.2 Å². The second-order valence-electron chi connectivity index (χ2n) is 6.33. The number of nitrogens with zero attached hydrogens (tertiary/aromatic N) is 1. The van der Waals surface area contributed by atoms with Crippen LogP contribution < -0.4 is 4.74 Å². The normalized spacial score (nSPS) is 14.6. The quantitative estimate of drug-likeness (QED) is 0.379. The lowest BCUT2D eigenvalue weighted by atomic mass is 10.2. The molecule has 0 aliphatic carbocycles. The molecule has 0 atom stereocenters. The maximum absolute atomic E-state index is 13.0. The van der Waals surface area contributed by atoms with Gasteiger partial charge in [0.2, 0.25) is 5.90 Å². The maximum Gasteiger partial charge on any atom is 0.363 e. The van der Waals surface area contributed by atoms with Crippen molar-refractivity contribution in [3.63, 3.8) is 0 Å². The van der Waals surface area contributed by atoms with E-state index in [0.717, 1.165) is 21.3 Å². The summed E-state index contributed by atoms with van der Waals surface area (Å²) in [7, 11) is 0. The Morgan fingerprint density at radius 1 is 0.966 bits per heavy atom. The Morgan fingerprint density at radius 2 is 1.66 bits per heavy atom. The minimum absolute atomic E-state index is 0.163. The van der Waals surface area contributed by atoms with Crippen molar-refractivity contribution in [3.05, 3.63) is 105 Å². The third-order valence-electron chi connectivity index (χ3n) is 4.21. The Kier molecular flexibility index (Phi) is 5.53. The summed E-state index contributed by atoms with van der Waals surface area (Å²) >= 11 is 3.41. The highest BCUT2D eigenvalue weighted by Gasteiger charge is 2.24. The van der Waals surface area contributed by atoms with E-state index in [1.54, 1.807) is 6.08 Å². The molecule has 0 unspecified atom stereocenters. The van der Waals surface area contributed by atoms with Gasteiger partial charge in [-0.15, -0.1) is 0 Å². The number of carbonyl (C=O) groups is 1. The second-order valence-corrected chi connectivity index (χ2v) is 7.24. The largest absolute Gasteiger partial charge is 0.489 e. The number of halogens is 2. The minimum atomic E-state index is -0.542. The Labute approximate surface area is 175 Å². The lowest BCUT2D eigenvalue weighted by Crippen LogP contribution is -2.05. The predicted molar refractivity (Wildman–Crippen MR) is 112 cm³/mol. The van der Waals surface area contributed by atoms with Crippen LogP contribution in [0.15, 0.2) is 88.0 Å². The van der Waals surface area contributed by atoms with Gasteiger partial charge in [-0.2, -0.15) is 0 Å². The van der Waals surface area contributed by atoms with Crippen molar-refractivity contribution in [2.45, 2.75) is 6.61 Å². The summed E-state index contributed by atoms with van der Waals surface area (Å²) in [4.78, 5) is 16.3. The molecule has 0 spiro atoms. The molecule has 0 aromatic heterocycles. The molecular formula is C23H15BrFNO3. The summed E-state index contributed by atoms with van der Waals surface area (Å²) in [6.45, 7) is 0.464. The molecule has 0 N–H and O–H groups in total.